The van der Waals surface area contributed by atoms with Gasteiger partial charge in [-0.15, -0.1) is 0 Å². The van der Waals surface area contributed by atoms with Gasteiger partial charge in [-0.3, -0.25) is 4.79 Å². The predicted molar refractivity (Wildman–Crippen MR) is 69.2 cm³/mol. The zero-order valence-electron chi connectivity index (χ0n) is 11.3. The van der Waals surface area contributed by atoms with Crippen molar-refractivity contribution in [2.24, 2.45) is 11.7 Å². The van der Waals surface area contributed by atoms with Gasteiger partial charge >= 0.3 is 0 Å². The minimum atomic E-state index is -0.336. The van der Waals surface area contributed by atoms with E-state index in [0.717, 1.165) is 32.1 Å². The van der Waals surface area contributed by atoms with Crippen LogP contribution in [0, 0.1) is 5.92 Å². The molecule has 0 aliphatic carbocycles. The molecule has 0 aliphatic rings. The third-order valence-corrected chi connectivity index (χ3v) is 3.33. The van der Waals surface area contributed by atoms with Crippen LogP contribution in [-0.2, 0) is 4.79 Å². The van der Waals surface area contributed by atoms with E-state index < -0.39 is 0 Å². The molecule has 1 amide bonds. The van der Waals surface area contributed by atoms with Crippen molar-refractivity contribution in [3.63, 3.8) is 0 Å². The summed E-state index contributed by atoms with van der Waals surface area (Å²) in [6.45, 7) is 8.50. The first kappa shape index (κ1) is 15.4. The Hall–Kier alpha value is -0.570. The van der Waals surface area contributed by atoms with E-state index in [1.54, 1.807) is 0 Å². The molecule has 0 aliphatic heterocycles. The highest BCUT2D eigenvalue weighted by molar-refractivity contribution is 5.81. The maximum Gasteiger partial charge on any atom is 0.237 e. The Labute approximate surface area is 100 Å². The van der Waals surface area contributed by atoms with Gasteiger partial charge in [-0.1, -0.05) is 46.5 Å². The lowest BCUT2D eigenvalue weighted by Crippen LogP contribution is -2.46. The molecule has 1 unspecified atom stereocenters. The third-order valence-electron chi connectivity index (χ3n) is 3.33. The maximum atomic E-state index is 11.8. The van der Waals surface area contributed by atoms with Crippen LogP contribution in [0.25, 0.3) is 0 Å². The zero-order valence-corrected chi connectivity index (χ0v) is 11.3. The minimum absolute atomic E-state index is 0.00727. The standard InChI is InChI=1S/C13H28N2O/c1-5-8-9-12(14)13(16)15-10(4)11(6-2)7-3/h10-12H,5-9,14H2,1-4H3,(H,15,16)/t10?,12-/m0/s1. The lowest BCUT2D eigenvalue weighted by atomic mass is 9.95. The molecule has 96 valence electrons. The number of unbranched alkanes of at least 4 members (excludes halogenated alkanes) is 1. The Balaban J connectivity index is 4.01. The number of nitrogens with two attached hydrogens (primary N) is 1. The maximum absolute atomic E-state index is 11.8. The predicted octanol–water partition coefficient (Wildman–Crippen LogP) is 2.44. The largest absolute Gasteiger partial charge is 0.352 e. The average Bonchev–Trinajstić information content (AvgIpc) is 2.27. The van der Waals surface area contributed by atoms with Crippen molar-refractivity contribution >= 4 is 5.91 Å². The van der Waals surface area contributed by atoms with E-state index in [0.29, 0.717) is 5.92 Å². The molecule has 0 aromatic carbocycles. The van der Waals surface area contributed by atoms with Gasteiger partial charge in [-0.05, 0) is 19.3 Å². The van der Waals surface area contributed by atoms with Crippen LogP contribution >= 0.6 is 0 Å². The van der Waals surface area contributed by atoms with Crippen LogP contribution in [-0.4, -0.2) is 18.0 Å². The molecule has 0 heterocycles. The Bertz CT molecular complexity index is 190. The number of rotatable bonds is 8. The summed E-state index contributed by atoms with van der Waals surface area (Å²) >= 11 is 0. The Morgan fingerprint density at radius 1 is 1.25 bits per heavy atom. The highest BCUT2D eigenvalue weighted by Gasteiger charge is 2.19. The molecule has 16 heavy (non-hydrogen) atoms. The second-order valence-corrected chi connectivity index (χ2v) is 4.62. The second-order valence-electron chi connectivity index (χ2n) is 4.62. The molecule has 0 aromatic rings. The fourth-order valence-electron chi connectivity index (χ4n) is 2.00. The molecular weight excluding hydrogens is 200 g/mol. The molecule has 0 saturated carbocycles. The highest BCUT2D eigenvalue weighted by Crippen LogP contribution is 2.12. The van der Waals surface area contributed by atoms with Crippen LogP contribution in [0.4, 0.5) is 0 Å². The van der Waals surface area contributed by atoms with Gasteiger partial charge in [0.2, 0.25) is 5.91 Å². The van der Waals surface area contributed by atoms with Crippen molar-refractivity contribution in [3.05, 3.63) is 0 Å². The van der Waals surface area contributed by atoms with Crippen molar-refractivity contribution in [3.8, 4) is 0 Å². The smallest absolute Gasteiger partial charge is 0.237 e. The lowest BCUT2D eigenvalue weighted by Gasteiger charge is -2.24. The molecule has 0 saturated heterocycles. The topological polar surface area (TPSA) is 55.1 Å². The number of carbonyl (C=O) groups is 1. The van der Waals surface area contributed by atoms with Crippen molar-refractivity contribution < 1.29 is 4.79 Å². The lowest BCUT2D eigenvalue weighted by molar-refractivity contribution is -0.123. The average molecular weight is 228 g/mol. The van der Waals surface area contributed by atoms with Crippen molar-refractivity contribution in [2.75, 3.05) is 0 Å². The number of hydrogen-bond donors (Lipinski definition) is 2. The summed E-state index contributed by atoms with van der Waals surface area (Å²) in [5.41, 5.74) is 5.82. The second kappa shape index (κ2) is 8.57. The number of hydrogen-bond acceptors (Lipinski definition) is 2. The summed E-state index contributed by atoms with van der Waals surface area (Å²) in [6.07, 6.45) is 5.10. The van der Waals surface area contributed by atoms with Crippen LogP contribution in [0.3, 0.4) is 0 Å². The van der Waals surface area contributed by atoms with E-state index in [-0.39, 0.29) is 18.0 Å². The van der Waals surface area contributed by atoms with Crippen molar-refractivity contribution in [1.82, 2.24) is 5.32 Å². The fraction of sp³-hybridized carbons (Fsp3) is 0.923. The van der Waals surface area contributed by atoms with Crippen molar-refractivity contribution in [1.29, 1.82) is 0 Å². The first-order valence-electron chi connectivity index (χ1n) is 6.62. The van der Waals surface area contributed by atoms with E-state index in [1.165, 1.54) is 0 Å². The highest BCUT2D eigenvalue weighted by atomic mass is 16.2. The number of nitrogens with one attached hydrogen (secondary N) is 1. The summed E-state index contributed by atoms with van der Waals surface area (Å²) < 4.78 is 0. The van der Waals surface area contributed by atoms with Crippen LogP contribution in [0.1, 0.15) is 59.8 Å². The number of carbonyl (C=O) groups excluding carboxylic acids is 1. The van der Waals surface area contributed by atoms with E-state index in [1.807, 2.05) is 0 Å². The Morgan fingerprint density at radius 3 is 2.25 bits per heavy atom. The summed E-state index contributed by atoms with van der Waals surface area (Å²) in [5, 5.41) is 3.03. The van der Waals surface area contributed by atoms with Gasteiger partial charge in [-0.25, -0.2) is 0 Å². The van der Waals surface area contributed by atoms with Crippen LogP contribution in [0.5, 0.6) is 0 Å². The first-order chi connectivity index (χ1) is 7.56. The fourth-order valence-corrected chi connectivity index (χ4v) is 2.00. The summed E-state index contributed by atoms with van der Waals surface area (Å²) in [5.74, 6) is 0.565. The van der Waals surface area contributed by atoms with Gasteiger partial charge in [0.05, 0.1) is 6.04 Å². The molecule has 0 rings (SSSR count). The first-order valence-corrected chi connectivity index (χ1v) is 6.62. The van der Waals surface area contributed by atoms with Gasteiger partial charge in [0.15, 0.2) is 0 Å². The van der Waals surface area contributed by atoms with Crippen LogP contribution in [0.15, 0.2) is 0 Å². The molecule has 3 heteroatoms. The van der Waals surface area contributed by atoms with Crippen LogP contribution < -0.4 is 11.1 Å². The molecular formula is C13H28N2O. The Morgan fingerprint density at radius 2 is 1.81 bits per heavy atom. The molecule has 2 atom stereocenters. The van der Waals surface area contributed by atoms with Gasteiger partial charge in [0.25, 0.3) is 0 Å². The zero-order chi connectivity index (χ0) is 12.6. The Kier molecular flexibility index (Phi) is 8.26. The quantitative estimate of drug-likeness (QED) is 0.670. The van der Waals surface area contributed by atoms with E-state index in [4.69, 9.17) is 5.73 Å². The molecule has 0 fully saturated rings. The SMILES string of the molecule is CCCC[C@H](N)C(=O)NC(C)C(CC)CC. The molecule has 0 spiro atoms. The van der Waals surface area contributed by atoms with E-state index in [9.17, 15) is 4.79 Å². The normalized spacial score (nSPS) is 14.9. The van der Waals surface area contributed by atoms with E-state index >= 15 is 0 Å². The van der Waals surface area contributed by atoms with Gasteiger partial charge < -0.3 is 11.1 Å². The van der Waals surface area contributed by atoms with Crippen molar-refractivity contribution in [2.45, 2.75) is 71.9 Å². The summed E-state index contributed by atoms with van der Waals surface area (Å²) in [4.78, 5) is 11.8. The molecule has 3 N–H and O–H groups in total. The van der Waals surface area contributed by atoms with Crippen LogP contribution in [0.2, 0.25) is 0 Å². The van der Waals surface area contributed by atoms with Gasteiger partial charge in [0.1, 0.15) is 0 Å². The van der Waals surface area contributed by atoms with E-state index in [2.05, 4.69) is 33.0 Å². The molecule has 3 nitrogen and oxygen atoms in total. The summed E-state index contributed by atoms with van der Waals surface area (Å²) in [6, 6.07) is -0.105. The molecule has 0 bridgehead atoms. The minimum Gasteiger partial charge on any atom is -0.352 e. The summed E-state index contributed by atoms with van der Waals surface area (Å²) in [7, 11) is 0. The third kappa shape index (κ3) is 5.50. The molecule has 0 radical (unpaired) electrons. The number of amides is 1. The monoisotopic (exact) mass is 228 g/mol. The van der Waals surface area contributed by atoms with Gasteiger partial charge in [0, 0.05) is 6.04 Å². The molecule has 0 aromatic heterocycles. The van der Waals surface area contributed by atoms with Gasteiger partial charge in [-0.2, -0.15) is 0 Å².